The number of carbonyl (C=O) groups is 1. The monoisotopic (exact) mass is 357 g/mol. The Morgan fingerprint density at radius 2 is 2.25 bits per heavy atom. The Kier molecular flexibility index (Phi) is 4.55. The number of imidazole rings is 1. The van der Waals surface area contributed by atoms with Gasteiger partial charge in [-0.1, -0.05) is 36.1 Å². The minimum atomic E-state index is -0.0421. The van der Waals surface area contributed by atoms with Gasteiger partial charge in [0.1, 0.15) is 10.7 Å². The molecule has 24 heavy (non-hydrogen) atoms. The van der Waals surface area contributed by atoms with Crippen molar-refractivity contribution < 1.29 is 4.79 Å². The van der Waals surface area contributed by atoms with Gasteiger partial charge >= 0.3 is 0 Å². The van der Waals surface area contributed by atoms with E-state index >= 15 is 0 Å². The number of thiocarbonyl (C=S) groups is 1. The predicted octanol–water partition coefficient (Wildman–Crippen LogP) is 2.27. The van der Waals surface area contributed by atoms with Crippen molar-refractivity contribution in [3.05, 3.63) is 41.1 Å². The zero-order valence-electron chi connectivity index (χ0n) is 13.2. The molecule has 8 heteroatoms. The summed E-state index contributed by atoms with van der Waals surface area (Å²) >= 11 is 6.74. The van der Waals surface area contributed by atoms with Crippen molar-refractivity contribution in [2.75, 3.05) is 31.4 Å². The van der Waals surface area contributed by atoms with Crippen molar-refractivity contribution in [1.29, 1.82) is 5.26 Å². The Labute approximate surface area is 149 Å². The number of fused-ring (bicyclic) bond motifs is 1. The number of H-pyrrole nitrogens is 1. The summed E-state index contributed by atoms with van der Waals surface area (Å²) in [7, 11) is 3.88. The smallest absolute Gasteiger partial charge is 0.173 e. The number of nitriles is 1. The fourth-order valence-electron chi connectivity index (χ4n) is 2.46. The van der Waals surface area contributed by atoms with Crippen molar-refractivity contribution in [3.8, 4) is 6.07 Å². The zero-order valence-corrected chi connectivity index (χ0v) is 14.9. The van der Waals surface area contributed by atoms with E-state index in [1.807, 2.05) is 30.0 Å². The average Bonchev–Trinajstić information content (AvgIpc) is 3.03. The summed E-state index contributed by atoms with van der Waals surface area (Å²) in [6.45, 7) is 0.681. The topological polar surface area (TPSA) is 76.0 Å². The van der Waals surface area contributed by atoms with Gasteiger partial charge in [0, 0.05) is 19.7 Å². The van der Waals surface area contributed by atoms with E-state index in [0.717, 1.165) is 16.5 Å². The molecule has 0 atom stereocenters. The van der Waals surface area contributed by atoms with Crippen molar-refractivity contribution in [3.63, 3.8) is 0 Å². The third-order valence-electron chi connectivity index (χ3n) is 3.66. The standard InChI is InChI=1S/C16H15N5OS2/c1-20-9-21(2)15(23)13-14(20)19-16(18-13)24-8-12(22)11-5-3-4-10(6-11)7-17/h3-6H,8-9H2,1-2H3,(H,18,19). The molecule has 122 valence electrons. The van der Waals surface area contributed by atoms with Crippen LogP contribution in [-0.4, -0.2) is 52.2 Å². The van der Waals surface area contributed by atoms with E-state index in [0.29, 0.717) is 23.0 Å². The molecule has 6 nitrogen and oxygen atoms in total. The first kappa shape index (κ1) is 16.5. The first-order chi connectivity index (χ1) is 11.5. The summed E-state index contributed by atoms with van der Waals surface area (Å²) < 4.78 is 0. The molecule has 0 saturated heterocycles. The number of anilines is 1. The number of thioether (sulfide) groups is 1. The number of hydrogen-bond donors (Lipinski definition) is 1. The predicted molar refractivity (Wildman–Crippen MR) is 97.5 cm³/mol. The van der Waals surface area contributed by atoms with Crippen LogP contribution in [0.5, 0.6) is 0 Å². The lowest BCUT2D eigenvalue weighted by Crippen LogP contribution is -2.42. The fraction of sp³-hybridized carbons (Fsp3) is 0.250. The molecule has 1 aromatic carbocycles. The number of ketones is 1. The Balaban J connectivity index is 1.73. The Morgan fingerprint density at radius 1 is 1.46 bits per heavy atom. The molecule has 1 aromatic heterocycles. The highest BCUT2D eigenvalue weighted by Crippen LogP contribution is 2.27. The van der Waals surface area contributed by atoms with Crippen LogP contribution in [0.15, 0.2) is 29.4 Å². The molecule has 0 aliphatic carbocycles. The third-order valence-corrected chi connectivity index (χ3v) is 5.05. The Hall–Kier alpha value is -2.37. The second kappa shape index (κ2) is 6.63. The number of aromatic amines is 1. The molecule has 0 fully saturated rings. The number of benzene rings is 1. The van der Waals surface area contributed by atoms with Crippen LogP contribution in [0.3, 0.4) is 0 Å². The molecule has 0 radical (unpaired) electrons. The van der Waals surface area contributed by atoms with Crippen LogP contribution < -0.4 is 4.90 Å². The second-order valence-electron chi connectivity index (χ2n) is 5.49. The zero-order chi connectivity index (χ0) is 17.3. The largest absolute Gasteiger partial charge is 0.346 e. The summed E-state index contributed by atoms with van der Waals surface area (Å²) in [5.41, 5.74) is 1.82. The lowest BCUT2D eigenvalue weighted by atomic mass is 10.1. The number of nitrogens with one attached hydrogen (secondary N) is 1. The van der Waals surface area contributed by atoms with Crippen LogP contribution in [0.1, 0.15) is 21.6 Å². The molecule has 0 bridgehead atoms. The van der Waals surface area contributed by atoms with E-state index in [-0.39, 0.29) is 11.5 Å². The second-order valence-corrected chi connectivity index (χ2v) is 6.84. The first-order valence-corrected chi connectivity index (χ1v) is 8.61. The molecule has 1 aliphatic rings. The Bertz CT molecular complexity index is 854. The van der Waals surface area contributed by atoms with Gasteiger partial charge in [0.15, 0.2) is 16.8 Å². The van der Waals surface area contributed by atoms with E-state index in [1.165, 1.54) is 11.8 Å². The van der Waals surface area contributed by atoms with Crippen LogP contribution in [0, 0.1) is 11.3 Å². The maximum absolute atomic E-state index is 12.3. The number of carbonyl (C=O) groups excluding carboxylic acids is 1. The molecule has 0 spiro atoms. The van der Waals surface area contributed by atoms with Crippen LogP contribution >= 0.6 is 24.0 Å². The van der Waals surface area contributed by atoms with Crippen LogP contribution in [-0.2, 0) is 0 Å². The number of rotatable bonds is 4. The normalized spacial score (nSPS) is 13.6. The minimum absolute atomic E-state index is 0.0421. The van der Waals surface area contributed by atoms with E-state index in [4.69, 9.17) is 17.5 Å². The first-order valence-electron chi connectivity index (χ1n) is 7.22. The van der Waals surface area contributed by atoms with Crippen molar-refractivity contribution >= 4 is 40.6 Å². The van der Waals surface area contributed by atoms with Crippen molar-refractivity contribution in [2.45, 2.75) is 5.16 Å². The SMILES string of the molecule is CN1CN(C)c2nc(SCC(=O)c3cccc(C#N)c3)[nH]c2C1=S. The lowest BCUT2D eigenvalue weighted by molar-refractivity contribution is 0.102. The maximum atomic E-state index is 12.3. The van der Waals surface area contributed by atoms with Crippen LogP contribution in [0.25, 0.3) is 0 Å². The van der Waals surface area contributed by atoms with Gasteiger partial charge in [-0.25, -0.2) is 4.98 Å². The van der Waals surface area contributed by atoms with Gasteiger partial charge in [-0.3, -0.25) is 4.79 Å². The molecule has 0 amide bonds. The fourth-order valence-corrected chi connectivity index (χ4v) is 3.42. The summed E-state index contributed by atoms with van der Waals surface area (Å²) in [5, 5.41) is 9.58. The lowest BCUT2D eigenvalue weighted by Gasteiger charge is -2.31. The van der Waals surface area contributed by atoms with E-state index < -0.39 is 0 Å². The molecule has 2 heterocycles. The molecule has 1 N–H and O–H groups in total. The average molecular weight is 357 g/mol. The van der Waals surface area contributed by atoms with Gasteiger partial charge in [0.05, 0.1) is 24.1 Å². The quantitative estimate of drug-likeness (QED) is 0.511. The number of nitrogens with zero attached hydrogens (tertiary/aromatic N) is 4. The van der Waals surface area contributed by atoms with Crippen molar-refractivity contribution in [2.24, 2.45) is 0 Å². The van der Waals surface area contributed by atoms with Gasteiger partial charge in [0.25, 0.3) is 0 Å². The van der Waals surface area contributed by atoms with E-state index in [1.54, 1.807) is 24.3 Å². The van der Waals surface area contributed by atoms with Gasteiger partial charge < -0.3 is 14.8 Å². The highest BCUT2D eigenvalue weighted by atomic mass is 32.2. The molecule has 3 rings (SSSR count). The summed E-state index contributed by atoms with van der Waals surface area (Å²) in [4.78, 5) is 24.7. The van der Waals surface area contributed by atoms with Gasteiger partial charge in [-0.05, 0) is 12.1 Å². The van der Waals surface area contributed by atoms with Gasteiger partial charge in [0.2, 0.25) is 0 Å². The maximum Gasteiger partial charge on any atom is 0.173 e. The van der Waals surface area contributed by atoms with Crippen LogP contribution in [0.2, 0.25) is 0 Å². The van der Waals surface area contributed by atoms with Gasteiger partial charge in [-0.2, -0.15) is 5.26 Å². The van der Waals surface area contributed by atoms with Crippen LogP contribution in [0.4, 0.5) is 5.82 Å². The number of aromatic nitrogens is 2. The summed E-state index contributed by atoms with van der Waals surface area (Å²) in [6.07, 6.45) is 0. The Morgan fingerprint density at radius 3 is 3.00 bits per heavy atom. The highest BCUT2D eigenvalue weighted by Gasteiger charge is 2.26. The summed E-state index contributed by atoms with van der Waals surface area (Å²) in [5.74, 6) is 1.01. The van der Waals surface area contributed by atoms with Gasteiger partial charge in [-0.15, -0.1) is 0 Å². The molecule has 2 aromatic rings. The number of Topliss-reactive ketones (excluding diaryl/α,β-unsaturated/α-hetero) is 1. The molecule has 1 aliphatic heterocycles. The molecule has 0 unspecified atom stereocenters. The van der Waals surface area contributed by atoms with Crippen molar-refractivity contribution in [1.82, 2.24) is 14.9 Å². The van der Waals surface area contributed by atoms with E-state index in [2.05, 4.69) is 9.97 Å². The minimum Gasteiger partial charge on any atom is -0.346 e. The molecular weight excluding hydrogens is 342 g/mol. The molecular formula is C16H15N5OS2. The highest BCUT2D eigenvalue weighted by molar-refractivity contribution is 7.99. The summed E-state index contributed by atoms with van der Waals surface area (Å²) in [6, 6.07) is 8.75. The van der Waals surface area contributed by atoms with E-state index in [9.17, 15) is 4.79 Å². The third kappa shape index (κ3) is 3.13. The molecule has 0 saturated carbocycles. The number of hydrogen-bond acceptors (Lipinski definition) is 6.